The number of likely N-dealkylation sites (N-methyl/N-ethyl adjacent to an activating group) is 1. The third kappa shape index (κ3) is 2.96. The van der Waals surface area contributed by atoms with Gasteiger partial charge in [0.05, 0.1) is 0 Å². The van der Waals surface area contributed by atoms with Gasteiger partial charge in [-0.3, -0.25) is 0 Å². The zero-order chi connectivity index (χ0) is 15.0. The first-order valence-electron chi connectivity index (χ1n) is 6.97. The number of hydrogen-bond acceptors (Lipinski definition) is 2. The van der Waals surface area contributed by atoms with E-state index in [0.29, 0.717) is 11.7 Å². The Morgan fingerprint density at radius 2 is 1.76 bits per heavy atom. The number of halogens is 2. The van der Waals surface area contributed by atoms with Gasteiger partial charge >= 0.3 is 0 Å². The first-order valence-corrected chi connectivity index (χ1v) is 8.14. The van der Waals surface area contributed by atoms with E-state index in [9.17, 15) is 5.11 Å². The highest BCUT2D eigenvalue weighted by molar-refractivity contribution is 9.10. The summed E-state index contributed by atoms with van der Waals surface area (Å²) in [5.74, 6) is 0.961. The third-order valence-corrected chi connectivity index (χ3v) is 5.15. The number of likely N-dealkylation sites (tertiary alicyclic amines) is 1. The summed E-state index contributed by atoms with van der Waals surface area (Å²) in [6.45, 7) is 1.89. The molecule has 0 aromatic heterocycles. The molecule has 3 rings (SSSR count). The van der Waals surface area contributed by atoms with Crippen LogP contribution in [0.25, 0.3) is 0 Å². The second-order valence-corrected chi connectivity index (χ2v) is 6.95. The first kappa shape index (κ1) is 14.9. The Morgan fingerprint density at radius 3 is 2.48 bits per heavy atom. The fourth-order valence-electron chi connectivity index (χ4n) is 3.23. The molecule has 0 spiro atoms. The summed E-state index contributed by atoms with van der Waals surface area (Å²) in [7, 11) is 2.12. The van der Waals surface area contributed by atoms with Crippen LogP contribution in [0.15, 0.2) is 46.9 Å². The van der Waals surface area contributed by atoms with E-state index in [-0.39, 0.29) is 5.92 Å². The molecule has 2 aromatic rings. The van der Waals surface area contributed by atoms with Crippen LogP contribution in [0.1, 0.15) is 23.0 Å². The Morgan fingerprint density at radius 1 is 1.10 bits per heavy atom. The molecule has 1 N–H and O–H groups in total. The molecule has 21 heavy (non-hydrogen) atoms. The largest absolute Gasteiger partial charge is 0.508 e. The van der Waals surface area contributed by atoms with E-state index in [4.69, 9.17) is 11.6 Å². The highest BCUT2D eigenvalue weighted by atomic mass is 79.9. The molecule has 1 heterocycles. The van der Waals surface area contributed by atoms with Crippen molar-refractivity contribution in [3.05, 3.63) is 63.1 Å². The van der Waals surface area contributed by atoms with Crippen LogP contribution in [0.4, 0.5) is 0 Å². The second kappa shape index (κ2) is 5.99. The molecule has 1 aliphatic rings. The van der Waals surface area contributed by atoms with Gasteiger partial charge in [-0.15, -0.1) is 0 Å². The van der Waals surface area contributed by atoms with Crippen molar-refractivity contribution in [2.24, 2.45) is 0 Å². The number of para-hydroxylation sites is 1. The quantitative estimate of drug-likeness (QED) is 0.838. The highest BCUT2D eigenvalue weighted by Crippen LogP contribution is 2.44. The monoisotopic (exact) mass is 365 g/mol. The first-order chi connectivity index (χ1) is 10.1. The van der Waals surface area contributed by atoms with Gasteiger partial charge in [0.1, 0.15) is 5.75 Å². The van der Waals surface area contributed by atoms with Crippen molar-refractivity contribution in [2.45, 2.75) is 11.8 Å². The number of hydrogen-bond donors (Lipinski definition) is 1. The molecule has 1 fully saturated rings. The average Bonchev–Trinajstić information content (AvgIpc) is 2.83. The molecule has 110 valence electrons. The molecule has 0 radical (unpaired) electrons. The van der Waals surface area contributed by atoms with Crippen molar-refractivity contribution in [1.82, 2.24) is 4.90 Å². The lowest BCUT2D eigenvalue weighted by Crippen LogP contribution is -2.13. The summed E-state index contributed by atoms with van der Waals surface area (Å²) >= 11 is 9.81. The molecule has 2 nitrogen and oxygen atoms in total. The molecule has 1 aliphatic heterocycles. The number of nitrogens with zero attached hydrogens (tertiary/aromatic N) is 1. The van der Waals surface area contributed by atoms with Gasteiger partial charge in [0.2, 0.25) is 0 Å². The number of benzene rings is 2. The Hall–Kier alpha value is -1.03. The van der Waals surface area contributed by atoms with Crippen LogP contribution in [-0.4, -0.2) is 30.1 Å². The maximum Gasteiger partial charge on any atom is 0.119 e. The predicted octanol–water partition coefficient (Wildman–Crippen LogP) is 4.62. The molecule has 1 saturated heterocycles. The van der Waals surface area contributed by atoms with E-state index in [1.165, 1.54) is 5.56 Å². The van der Waals surface area contributed by atoms with E-state index >= 15 is 0 Å². The van der Waals surface area contributed by atoms with E-state index in [2.05, 4.69) is 27.9 Å². The molecule has 0 amide bonds. The second-order valence-electron chi connectivity index (χ2n) is 5.66. The van der Waals surface area contributed by atoms with Crippen molar-refractivity contribution in [1.29, 1.82) is 0 Å². The fourth-order valence-corrected chi connectivity index (χ4v) is 3.95. The normalized spacial score (nSPS) is 22.6. The molecule has 4 heteroatoms. The topological polar surface area (TPSA) is 23.5 Å². The molecule has 0 aliphatic carbocycles. The Bertz CT molecular complexity index is 661. The summed E-state index contributed by atoms with van der Waals surface area (Å²) < 4.78 is 1.08. The van der Waals surface area contributed by atoms with Crippen molar-refractivity contribution in [2.75, 3.05) is 20.1 Å². The number of aromatic hydroxyl groups is 1. The van der Waals surface area contributed by atoms with Gasteiger partial charge in [-0.2, -0.15) is 0 Å². The Kier molecular flexibility index (Phi) is 4.25. The van der Waals surface area contributed by atoms with Crippen LogP contribution < -0.4 is 0 Å². The molecule has 2 atom stereocenters. The molecule has 0 unspecified atom stereocenters. The maximum absolute atomic E-state index is 10.2. The Balaban J connectivity index is 2.04. The lowest BCUT2D eigenvalue weighted by molar-refractivity contribution is 0.405. The molecule has 0 saturated carbocycles. The summed E-state index contributed by atoms with van der Waals surface area (Å²) in [4.78, 5) is 2.30. The standard InChI is InChI=1S/C17H17BrClNO/c1-20-9-14(12-4-2-3-5-17(12)21)15(10-20)13-8-11(19)6-7-16(13)18/h2-8,14-15,21H,9-10H2,1H3/t14-,15-/m0/s1. The van der Waals surface area contributed by atoms with E-state index in [1.54, 1.807) is 6.07 Å². The third-order valence-electron chi connectivity index (χ3n) is 4.20. The van der Waals surface area contributed by atoms with Crippen LogP contribution in [0, 0.1) is 0 Å². The summed E-state index contributed by atoms with van der Waals surface area (Å²) in [5, 5.41) is 10.9. The smallest absolute Gasteiger partial charge is 0.119 e. The van der Waals surface area contributed by atoms with Crippen LogP contribution in [-0.2, 0) is 0 Å². The number of phenolic OH excluding ortho intramolecular Hbond substituents is 1. The zero-order valence-electron chi connectivity index (χ0n) is 11.8. The lowest BCUT2D eigenvalue weighted by atomic mass is 9.84. The van der Waals surface area contributed by atoms with Crippen molar-refractivity contribution in [3.8, 4) is 5.75 Å². The lowest BCUT2D eigenvalue weighted by Gasteiger charge is -2.21. The van der Waals surface area contributed by atoms with E-state index < -0.39 is 0 Å². The zero-order valence-corrected chi connectivity index (χ0v) is 14.1. The SMILES string of the molecule is CN1C[C@@H](c2ccccc2O)[C@H](c2cc(Cl)ccc2Br)C1. The summed E-state index contributed by atoms with van der Waals surface area (Å²) in [5.41, 5.74) is 2.22. The van der Waals surface area contributed by atoms with Gasteiger partial charge in [0.25, 0.3) is 0 Å². The maximum atomic E-state index is 10.2. The molecular weight excluding hydrogens is 350 g/mol. The van der Waals surface area contributed by atoms with Gasteiger partial charge in [-0.1, -0.05) is 45.7 Å². The predicted molar refractivity (Wildman–Crippen MR) is 90.2 cm³/mol. The average molecular weight is 367 g/mol. The minimum absolute atomic E-state index is 0.269. The van der Waals surface area contributed by atoms with Crippen LogP contribution in [0.3, 0.4) is 0 Å². The summed E-state index contributed by atoms with van der Waals surface area (Å²) in [6, 6.07) is 13.5. The summed E-state index contributed by atoms with van der Waals surface area (Å²) in [6.07, 6.45) is 0. The van der Waals surface area contributed by atoms with E-state index in [1.807, 2.05) is 36.4 Å². The van der Waals surface area contributed by atoms with Crippen LogP contribution >= 0.6 is 27.5 Å². The van der Waals surface area contributed by atoms with Crippen molar-refractivity contribution in [3.63, 3.8) is 0 Å². The molecule has 2 aromatic carbocycles. The van der Waals surface area contributed by atoms with E-state index in [0.717, 1.165) is 28.1 Å². The van der Waals surface area contributed by atoms with Crippen LogP contribution in [0.5, 0.6) is 5.75 Å². The molecule has 0 bridgehead atoms. The Labute approximate surface area is 138 Å². The molecular formula is C17H17BrClNO. The fraction of sp³-hybridized carbons (Fsp3) is 0.294. The highest BCUT2D eigenvalue weighted by Gasteiger charge is 2.35. The van der Waals surface area contributed by atoms with Gasteiger partial charge < -0.3 is 10.0 Å². The number of phenols is 1. The minimum Gasteiger partial charge on any atom is -0.508 e. The van der Waals surface area contributed by atoms with Crippen molar-refractivity contribution >= 4 is 27.5 Å². The van der Waals surface area contributed by atoms with Crippen molar-refractivity contribution < 1.29 is 5.11 Å². The van der Waals surface area contributed by atoms with Gasteiger partial charge in [0.15, 0.2) is 0 Å². The van der Waals surface area contributed by atoms with Gasteiger partial charge in [-0.05, 0) is 42.4 Å². The number of rotatable bonds is 2. The van der Waals surface area contributed by atoms with Gasteiger partial charge in [-0.25, -0.2) is 0 Å². The minimum atomic E-state index is 0.269. The van der Waals surface area contributed by atoms with Crippen LogP contribution in [0.2, 0.25) is 5.02 Å². The van der Waals surface area contributed by atoms with Gasteiger partial charge in [0, 0.05) is 34.4 Å².